The summed E-state index contributed by atoms with van der Waals surface area (Å²) >= 11 is 0. The summed E-state index contributed by atoms with van der Waals surface area (Å²) in [4.78, 5) is 52.3. The average Bonchev–Trinajstić information content (AvgIpc) is 2.78. The number of aliphatic carboxylic acids is 2. The van der Waals surface area contributed by atoms with Crippen LogP contribution in [0.4, 0.5) is 0 Å². The second-order valence-electron chi connectivity index (χ2n) is 4.74. The number of cyclic esters (lactones) is 2. The lowest BCUT2D eigenvalue weighted by molar-refractivity contribution is -0.139. The molecule has 0 fully saturated rings. The lowest BCUT2D eigenvalue weighted by atomic mass is 10.1. The third kappa shape index (κ3) is 5.52. The molecule has 0 unspecified atom stereocenters. The molecule has 1 aliphatic rings. The molecule has 0 aromatic heterocycles. The molecule has 0 spiro atoms. The lowest BCUT2D eigenvalue weighted by Gasteiger charge is -1.94. The second-order valence-corrected chi connectivity index (χ2v) is 4.74. The van der Waals surface area contributed by atoms with Crippen molar-refractivity contribution in [2.24, 2.45) is 0 Å². The van der Waals surface area contributed by atoms with Crippen LogP contribution in [0.3, 0.4) is 0 Å². The van der Waals surface area contributed by atoms with Gasteiger partial charge in [0.25, 0.3) is 0 Å². The number of aromatic carboxylic acids is 1. The van der Waals surface area contributed by atoms with Crippen LogP contribution < -0.4 is 0 Å². The van der Waals surface area contributed by atoms with Crippen LogP contribution in [0.25, 0.3) is 0 Å². The zero-order valence-electron chi connectivity index (χ0n) is 12.4. The molecule has 1 aromatic carbocycles. The molecule has 0 radical (unpaired) electrons. The summed E-state index contributed by atoms with van der Waals surface area (Å²) < 4.78 is 4.30. The molecule has 1 heterocycles. The molecule has 9 nitrogen and oxygen atoms in total. The van der Waals surface area contributed by atoms with Gasteiger partial charge in [0.15, 0.2) is 0 Å². The number of unbranched alkanes of at least 4 members (excludes halogenated alkanes) is 1. The Balaban J connectivity index is 0.000000257. The van der Waals surface area contributed by atoms with Crippen molar-refractivity contribution in [2.45, 2.75) is 25.7 Å². The quantitative estimate of drug-likeness (QED) is 0.396. The van der Waals surface area contributed by atoms with Gasteiger partial charge in [-0.3, -0.25) is 9.59 Å². The predicted molar refractivity (Wildman–Crippen MR) is 76.9 cm³/mol. The molecule has 0 bridgehead atoms. The average molecular weight is 338 g/mol. The van der Waals surface area contributed by atoms with E-state index in [1.807, 2.05) is 0 Å². The molecule has 1 aliphatic heterocycles. The number of esters is 2. The minimum absolute atomic E-state index is 0.00917. The molecule has 0 saturated heterocycles. The Morgan fingerprint density at radius 1 is 0.833 bits per heavy atom. The summed E-state index contributed by atoms with van der Waals surface area (Å²) in [6.07, 6.45) is 1.02. The maximum absolute atomic E-state index is 11.0. The van der Waals surface area contributed by atoms with Gasteiger partial charge in [0, 0.05) is 12.8 Å². The summed E-state index contributed by atoms with van der Waals surface area (Å²) in [5.74, 6) is -4.43. The Morgan fingerprint density at radius 3 is 1.79 bits per heavy atom. The first-order chi connectivity index (χ1) is 11.2. The summed E-state index contributed by atoms with van der Waals surface area (Å²) in [5.41, 5.74) is 0.0744. The number of carboxylic acids is 3. The number of hydrogen-bond donors (Lipinski definition) is 3. The van der Waals surface area contributed by atoms with Crippen LogP contribution in [-0.2, 0) is 14.3 Å². The molecule has 24 heavy (non-hydrogen) atoms. The van der Waals surface area contributed by atoms with E-state index in [2.05, 4.69) is 4.74 Å². The van der Waals surface area contributed by atoms with Gasteiger partial charge in [-0.1, -0.05) is 0 Å². The number of hydrogen-bond acceptors (Lipinski definition) is 6. The van der Waals surface area contributed by atoms with Crippen molar-refractivity contribution in [3.05, 3.63) is 34.9 Å². The Kier molecular flexibility index (Phi) is 6.60. The van der Waals surface area contributed by atoms with E-state index in [1.54, 1.807) is 0 Å². The topological polar surface area (TPSA) is 155 Å². The van der Waals surface area contributed by atoms with Crippen LogP contribution in [0.2, 0.25) is 0 Å². The van der Waals surface area contributed by atoms with E-state index < -0.39 is 29.8 Å². The van der Waals surface area contributed by atoms with Crippen LogP contribution in [0.1, 0.15) is 56.8 Å². The van der Waals surface area contributed by atoms with Crippen molar-refractivity contribution in [3.8, 4) is 0 Å². The van der Waals surface area contributed by atoms with Gasteiger partial charge in [0.05, 0.1) is 16.7 Å². The summed E-state index contributed by atoms with van der Waals surface area (Å²) in [7, 11) is 0. The molecule has 9 heteroatoms. The molecule has 0 atom stereocenters. The Hall–Kier alpha value is -3.23. The molecule has 0 saturated carbocycles. The number of ether oxygens (including phenoxy) is 1. The monoisotopic (exact) mass is 338 g/mol. The zero-order valence-corrected chi connectivity index (χ0v) is 12.4. The van der Waals surface area contributed by atoms with Gasteiger partial charge in [0.2, 0.25) is 0 Å². The molecular formula is C15H14O9. The number of carbonyl (C=O) groups is 5. The van der Waals surface area contributed by atoms with E-state index in [1.165, 1.54) is 12.1 Å². The first-order valence-electron chi connectivity index (χ1n) is 6.79. The SMILES string of the molecule is O=C(O)CCCCC(=O)O.O=C(O)c1ccc2c(c1)C(=O)OC2=O. The van der Waals surface area contributed by atoms with Gasteiger partial charge < -0.3 is 20.1 Å². The number of carbonyl (C=O) groups excluding carboxylic acids is 2. The molecule has 2 rings (SSSR count). The van der Waals surface area contributed by atoms with E-state index in [0.29, 0.717) is 12.8 Å². The standard InChI is InChI=1S/C9H4O5.C6H10O4/c10-7(11)4-1-2-5-6(3-4)9(13)14-8(5)12;7-5(8)3-1-2-4-6(9)10/h1-3H,(H,10,11);1-4H2,(H,7,8)(H,9,10). The van der Waals surface area contributed by atoms with E-state index >= 15 is 0 Å². The molecule has 128 valence electrons. The largest absolute Gasteiger partial charge is 0.481 e. The normalized spacial score (nSPS) is 11.8. The van der Waals surface area contributed by atoms with Crippen LogP contribution in [-0.4, -0.2) is 45.2 Å². The van der Waals surface area contributed by atoms with Crippen molar-refractivity contribution in [1.82, 2.24) is 0 Å². The van der Waals surface area contributed by atoms with Crippen molar-refractivity contribution in [3.63, 3.8) is 0 Å². The third-order valence-corrected chi connectivity index (χ3v) is 2.92. The minimum Gasteiger partial charge on any atom is -0.481 e. The van der Waals surface area contributed by atoms with E-state index in [-0.39, 0.29) is 29.5 Å². The fourth-order valence-electron chi connectivity index (χ4n) is 1.77. The van der Waals surface area contributed by atoms with E-state index in [4.69, 9.17) is 15.3 Å². The summed E-state index contributed by atoms with van der Waals surface area (Å²) in [6.45, 7) is 0. The van der Waals surface area contributed by atoms with Crippen molar-refractivity contribution in [2.75, 3.05) is 0 Å². The molecule has 1 aromatic rings. The number of carboxylic acid groups (broad SMARTS) is 3. The highest BCUT2D eigenvalue weighted by Crippen LogP contribution is 2.20. The molecule has 0 aliphatic carbocycles. The van der Waals surface area contributed by atoms with Crippen LogP contribution in [0.15, 0.2) is 18.2 Å². The van der Waals surface area contributed by atoms with Gasteiger partial charge in [-0.05, 0) is 31.0 Å². The Labute approximate surface area is 135 Å². The van der Waals surface area contributed by atoms with Crippen molar-refractivity contribution >= 4 is 29.8 Å². The van der Waals surface area contributed by atoms with Crippen LogP contribution in [0, 0.1) is 0 Å². The van der Waals surface area contributed by atoms with Gasteiger partial charge in [-0.15, -0.1) is 0 Å². The Bertz CT molecular complexity index is 674. The predicted octanol–water partition coefficient (Wildman–Crippen LogP) is 1.41. The smallest absolute Gasteiger partial charge is 0.346 e. The van der Waals surface area contributed by atoms with Gasteiger partial charge in [-0.25, -0.2) is 14.4 Å². The fourth-order valence-corrected chi connectivity index (χ4v) is 1.77. The second kappa shape index (κ2) is 8.42. The van der Waals surface area contributed by atoms with Crippen LogP contribution in [0.5, 0.6) is 0 Å². The molecule has 3 N–H and O–H groups in total. The van der Waals surface area contributed by atoms with Crippen molar-refractivity contribution < 1.29 is 44.0 Å². The maximum Gasteiger partial charge on any atom is 0.346 e. The van der Waals surface area contributed by atoms with Gasteiger partial charge in [0.1, 0.15) is 0 Å². The van der Waals surface area contributed by atoms with E-state index in [9.17, 15) is 24.0 Å². The van der Waals surface area contributed by atoms with Gasteiger partial charge in [-0.2, -0.15) is 0 Å². The van der Waals surface area contributed by atoms with E-state index in [0.717, 1.165) is 6.07 Å². The third-order valence-electron chi connectivity index (χ3n) is 2.92. The first kappa shape index (κ1) is 18.8. The summed E-state index contributed by atoms with van der Waals surface area (Å²) in [5, 5.41) is 24.9. The lowest BCUT2D eigenvalue weighted by Crippen LogP contribution is -2.00. The fraction of sp³-hybridized carbons (Fsp3) is 0.267. The zero-order chi connectivity index (χ0) is 18.3. The number of rotatable bonds is 6. The van der Waals surface area contributed by atoms with Gasteiger partial charge >= 0.3 is 29.8 Å². The molecular weight excluding hydrogens is 324 g/mol. The molecule has 0 amide bonds. The number of benzene rings is 1. The highest BCUT2D eigenvalue weighted by molar-refractivity contribution is 6.15. The number of fused-ring (bicyclic) bond motifs is 1. The highest BCUT2D eigenvalue weighted by atomic mass is 16.6. The summed E-state index contributed by atoms with van der Waals surface area (Å²) in [6, 6.07) is 3.65. The Morgan fingerprint density at radius 2 is 1.33 bits per heavy atom. The first-order valence-corrected chi connectivity index (χ1v) is 6.79. The minimum atomic E-state index is -1.15. The maximum atomic E-state index is 11.0. The van der Waals surface area contributed by atoms with Crippen LogP contribution >= 0.6 is 0 Å². The highest BCUT2D eigenvalue weighted by Gasteiger charge is 2.30. The van der Waals surface area contributed by atoms with Crippen molar-refractivity contribution in [1.29, 1.82) is 0 Å².